The molecule has 1 rings (SSSR count). The van der Waals surface area contributed by atoms with Gasteiger partial charge in [0.15, 0.2) is 6.17 Å². The molecule has 3 heteroatoms. The summed E-state index contributed by atoms with van der Waals surface area (Å²) < 4.78 is 0.907. The van der Waals surface area contributed by atoms with Crippen molar-refractivity contribution in [3.63, 3.8) is 0 Å². The molecule has 0 aromatic carbocycles. The molecule has 1 aliphatic heterocycles. The van der Waals surface area contributed by atoms with Crippen molar-refractivity contribution in [1.29, 1.82) is 0 Å². The quantitative estimate of drug-likeness (QED) is 0.219. The van der Waals surface area contributed by atoms with Gasteiger partial charge in [0.2, 0.25) is 0 Å². The van der Waals surface area contributed by atoms with Crippen molar-refractivity contribution in [2.75, 3.05) is 19.7 Å². The number of allylic oxidation sites excluding steroid dienone is 2. The van der Waals surface area contributed by atoms with E-state index in [2.05, 4.69) is 43.7 Å². The molecule has 0 aromatic heterocycles. The Balaban J connectivity index is 1.94. The molecule has 0 aromatic rings. The van der Waals surface area contributed by atoms with E-state index in [-0.39, 0.29) is 6.61 Å². The van der Waals surface area contributed by atoms with Gasteiger partial charge in [-0.3, -0.25) is 4.48 Å². The molecule has 0 fully saturated rings. The van der Waals surface area contributed by atoms with E-state index in [0.717, 1.165) is 17.6 Å². The number of nitrogens with zero attached hydrogens (tertiary/aromatic N) is 1. The minimum Gasteiger partial charge on any atom is -0.390 e. The Morgan fingerprint density at radius 2 is 1.56 bits per heavy atom. The normalized spacial score (nSPS) is 22.8. The zero-order chi connectivity index (χ0) is 18.2. The first-order valence-electron chi connectivity index (χ1n) is 10.8. The first-order chi connectivity index (χ1) is 12.3. The topological polar surface area (TPSA) is 32.3 Å². The average Bonchev–Trinajstić information content (AvgIpc) is 3.02. The molecule has 0 saturated heterocycles. The van der Waals surface area contributed by atoms with Gasteiger partial charge in [-0.05, 0) is 32.6 Å². The maximum Gasteiger partial charge on any atom is 0.166 e. The number of nitrogens with one attached hydrogen (secondary N) is 1. The Morgan fingerprint density at radius 1 is 0.920 bits per heavy atom. The van der Waals surface area contributed by atoms with E-state index in [1.54, 1.807) is 0 Å². The Bertz CT molecular complexity index is 367. The van der Waals surface area contributed by atoms with Crippen LogP contribution in [-0.4, -0.2) is 35.5 Å². The van der Waals surface area contributed by atoms with Crippen LogP contribution in [-0.2, 0) is 0 Å². The molecular formula is C22H43N2O+. The molecule has 0 spiro atoms. The lowest BCUT2D eigenvalue weighted by atomic mass is 10.0. The second kappa shape index (κ2) is 14.4. The second-order valence-corrected chi connectivity index (χ2v) is 7.50. The highest BCUT2D eigenvalue weighted by Gasteiger charge is 2.35. The molecule has 25 heavy (non-hydrogen) atoms. The molecule has 1 aliphatic rings. The van der Waals surface area contributed by atoms with Crippen molar-refractivity contribution in [1.82, 2.24) is 5.32 Å². The molecule has 2 N–H and O–H groups in total. The number of quaternary nitrogens is 1. The van der Waals surface area contributed by atoms with Gasteiger partial charge in [-0.25, -0.2) is 0 Å². The fourth-order valence-electron chi connectivity index (χ4n) is 3.92. The summed E-state index contributed by atoms with van der Waals surface area (Å²) in [5.41, 5.74) is 0. The first-order valence-corrected chi connectivity index (χ1v) is 10.8. The van der Waals surface area contributed by atoms with E-state index in [9.17, 15) is 5.11 Å². The largest absolute Gasteiger partial charge is 0.390 e. The molecular weight excluding hydrogens is 308 g/mol. The van der Waals surface area contributed by atoms with Crippen LogP contribution in [0.2, 0.25) is 0 Å². The van der Waals surface area contributed by atoms with Crippen LogP contribution < -0.4 is 5.32 Å². The maximum atomic E-state index is 9.34. The van der Waals surface area contributed by atoms with Crippen molar-refractivity contribution >= 4 is 0 Å². The van der Waals surface area contributed by atoms with E-state index in [4.69, 9.17) is 0 Å². The fourth-order valence-corrected chi connectivity index (χ4v) is 3.92. The van der Waals surface area contributed by atoms with Crippen molar-refractivity contribution in [2.45, 2.75) is 97.1 Å². The molecule has 0 saturated carbocycles. The minimum atomic E-state index is 0.269. The van der Waals surface area contributed by atoms with Crippen molar-refractivity contribution in [3.8, 4) is 0 Å². The van der Waals surface area contributed by atoms with Crippen LogP contribution in [0.3, 0.4) is 0 Å². The molecule has 0 bridgehead atoms. The summed E-state index contributed by atoms with van der Waals surface area (Å²) in [6.07, 6.45) is 25.5. The van der Waals surface area contributed by atoms with Gasteiger partial charge < -0.3 is 10.4 Å². The Labute approximate surface area is 156 Å². The molecule has 146 valence electrons. The molecule has 2 atom stereocenters. The van der Waals surface area contributed by atoms with Crippen LogP contribution in [0.1, 0.15) is 90.9 Å². The van der Waals surface area contributed by atoms with Gasteiger partial charge in [-0.1, -0.05) is 64.0 Å². The number of aliphatic hydroxyl groups is 1. The van der Waals surface area contributed by atoms with Gasteiger partial charge >= 0.3 is 0 Å². The lowest BCUT2D eigenvalue weighted by molar-refractivity contribution is -0.900. The lowest BCUT2D eigenvalue weighted by Gasteiger charge is -2.36. The lowest BCUT2D eigenvalue weighted by Crippen LogP contribution is -2.54. The monoisotopic (exact) mass is 351 g/mol. The number of unbranched alkanes of at least 4 members (excludes halogenated alkanes) is 9. The smallest absolute Gasteiger partial charge is 0.166 e. The Hall–Kier alpha value is -0.800. The van der Waals surface area contributed by atoms with E-state index in [1.165, 1.54) is 77.0 Å². The number of rotatable bonds is 16. The van der Waals surface area contributed by atoms with Crippen LogP contribution in [0, 0.1) is 0 Å². The third kappa shape index (κ3) is 8.91. The average molecular weight is 352 g/mol. The molecule has 0 aliphatic carbocycles. The standard InChI is InChI=1S/C22H43N2O/c1-3-5-6-7-8-9-10-11-12-13-14-15-16-17-22-23-18-19-24(22,4-2)20-21-25/h5-6,18-19,22-23,25H,3-4,7-17,20-21H2,1-2H3/q+1/b6-5+. The molecule has 1 heterocycles. The van der Waals surface area contributed by atoms with E-state index >= 15 is 0 Å². The number of hydrogen-bond acceptors (Lipinski definition) is 2. The van der Waals surface area contributed by atoms with Crippen molar-refractivity contribution in [2.24, 2.45) is 0 Å². The summed E-state index contributed by atoms with van der Waals surface area (Å²) in [6.45, 7) is 6.58. The van der Waals surface area contributed by atoms with E-state index in [1.807, 2.05) is 0 Å². The zero-order valence-corrected chi connectivity index (χ0v) is 16.9. The summed E-state index contributed by atoms with van der Waals surface area (Å²) in [7, 11) is 0. The second-order valence-electron chi connectivity index (χ2n) is 7.50. The summed E-state index contributed by atoms with van der Waals surface area (Å²) in [5, 5.41) is 12.8. The highest BCUT2D eigenvalue weighted by Crippen LogP contribution is 2.22. The number of hydrogen-bond donors (Lipinski definition) is 2. The summed E-state index contributed by atoms with van der Waals surface area (Å²) in [5.74, 6) is 0. The van der Waals surface area contributed by atoms with Gasteiger partial charge in [0.05, 0.1) is 19.4 Å². The summed E-state index contributed by atoms with van der Waals surface area (Å²) >= 11 is 0. The number of aliphatic hydroxyl groups excluding tert-OH is 1. The van der Waals surface area contributed by atoms with Crippen LogP contribution in [0.4, 0.5) is 0 Å². The summed E-state index contributed by atoms with van der Waals surface area (Å²) in [4.78, 5) is 0. The Morgan fingerprint density at radius 3 is 2.16 bits per heavy atom. The van der Waals surface area contributed by atoms with Crippen LogP contribution in [0.5, 0.6) is 0 Å². The molecule has 2 unspecified atom stereocenters. The van der Waals surface area contributed by atoms with E-state index in [0.29, 0.717) is 6.17 Å². The van der Waals surface area contributed by atoms with Gasteiger partial charge in [0, 0.05) is 6.42 Å². The summed E-state index contributed by atoms with van der Waals surface area (Å²) in [6, 6.07) is 0. The predicted octanol–water partition coefficient (Wildman–Crippen LogP) is 5.47. The van der Waals surface area contributed by atoms with Gasteiger partial charge in [0.25, 0.3) is 0 Å². The third-order valence-corrected chi connectivity index (χ3v) is 5.64. The molecule has 0 radical (unpaired) electrons. The van der Waals surface area contributed by atoms with Crippen LogP contribution >= 0.6 is 0 Å². The Kier molecular flexibility index (Phi) is 12.8. The fraction of sp³-hybridized carbons (Fsp3) is 0.818. The zero-order valence-electron chi connectivity index (χ0n) is 16.9. The molecule has 3 nitrogen and oxygen atoms in total. The van der Waals surface area contributed by atoms with Crippen LogP contribution in [0.25, 0.3) is 0 Å². The van der Waals surface area contributed by atoms with Crippen molar-refractivity contribution < 1.29 is 9.59 Å². The van der Waals surface area contributed by atoms with E-state index < -0.39 is 0 Å². The molecule has 0 amide bonds. The third-order valence-electron chi connectivity index (χ3n) is 5.64. The van der Waals surface area contributed by atoms with Crippen molar-refractivity contribution in [3.05, 3.63) is 24.6 Å². The van der Waals surface area contributed by atoms with Gasteiger partial charge in [-0.2, -0.15) is 0 Å². The van der Waals surface area contributed by atoms with Gasteiger partial charge in [-0.15, -0.1) is 0 Å². The first kappa shape index (κ1) is 22.2. The predicted molar refractivity (Wildman–Crippen MR) is 109 cm³/mol. The highest BCUT2D eigenvalue weighted by molar-refractivity contribution is 4.84. The maximum absolute atomic E-state index is 9.34. The number of likely N-dealkylation sites (N-methyl/N-ethyl adjacent to an activating group) is 1. The highest BCUT2D eigenvalue weighted by atomic mass is 16.3. The SMILES string of the molecule is CC/C=C/CCCCCCCCCCCC1NC=C[N+]1(CC)CCO. The van der Waals surface area contributed by atoms with Gasteiger partial charge in [0.1, 0.15) is 12.7 Å². The minimum absolute atomic E-state index is 0.269. The van der Waals surface area contributed by atoms with Crippen LogP contribution in [0.15, 0.2) is 24.6 Å².